The third-order valence-corrected chi connectivity index (χ3v) is 6.53. The largest absolute Gasteiger partial charge is 0.396 e. The molecule has 0 unspecified atom stereocenters. The van der Waals surface area contributed by atoms with Crippen LogP contribution >= 0.6 is 0 Å². The average molecular weight is 389 g/mol. The number of fused-ring (bicyclic) bond motifs is 2. The van der Waals surface area contributed by atoms with Crippen LogP contribution in [0.5, 0.6) is 0 Å². The van der Waals surface area contributed by atoms with Crippen LogP contribution in [-0.2, 0) is 6.42 Å². The standard InChI is InChI=1S/C22H23N5O2/c28-14-22(12-16-4-2-1-3-5-16)13-19-10-11-20(22)27(19)21(29)17-6-8-18(9-7-17)26-15-23-24-25-26/h1-9,15,19-20,28H,10-14H2/t19-,20+,22-/m0/s1. The molecule has 148 valence electrons. The molecule has 0 aliphatic carbocycles. The number of hydrogen-bond donors (Lipinski definition) is 1. The van der Waals surface area contributed by atoms with Gasteiger partial charge in [-0.1, -0.05) is 30.3 Å². The predicted octanol–water partition coefficient (Wildman–Crippen LogP) is 2.26. The van der Waals surface area contributed by atoms with Crippen LogP contribution in [0.2, 0.25) is 0 Å². The lowest BCUT2D eigenvalue weighted by Gasteiger charge is -2.36. The van der Waals surface area contributed by atoms with Crippen LogP contribution in [0, 0.1) is 5.41 Å². The van der Waals surface area contributed by atoms with Crippen molar-refractivity contribution in [3.63, 3.8) is 0 Å². The van der Waals surface area contributed by atoms with Crippen LogP contribution in [0.1, 0.15) is 35.2 Å². The van der Waals surface area contributed by atoms with Gasteiger partial charge >= 0.3 is 0 Å². The van der Waals surface area contributed by atoms with Crippen LogP contribution in [0.4, 0.5) is 0 Å². The van der Waals surface area contributed by atoms with Gasteiger partial charge < -0.3 is 10.0 Å². The predicted molar refractivity (Wildman–Crippen MR) is 106 cm³/mol. The Morgan fingerprint density at radius 1 is 1.10 bits per heavy atom. The summed E-state index contributed by atoms with van der Waals surface area (Å²) in [6.07, 6.45) is 5.14. The highest BCUT2D eigenvalue weighted by molar-refractivity contribution is 5.95. The number of rotatable bonds is 5. The highest BCUT2D eigenvalue weighted by Crippen LogP contribution is 2.51. The molecule has 2 bridgehead atoms. The van der Waals surface area contributed by atoms with Crippen LogP contribution < -0.4 is 0 Å². The van der Waals surface area contributed by atoms with Gasteiger partial charge in [0.2, 0.25) is 0 Å². The fourth-order valence-electron chi connectivity index (χ4n) is 5.20. The zero-order valence-corrected chi connectivity index (χ0v) is 16.1. The summed E-state index contributed by atoms with van der Waals surface area (Å²) in [5.41, 5.74) is 2.43. The first-order valence-corrected chi connectivity index (χ1v) is 10.0. The molecule has 1 aromatic heterocycles. The summed E-state index contributed by atoms with van der Waals surface area (Å²) < 4.78 is 1.56. The third-order valence-electron chi connectivity index (χ3n) is 6.53. The summed E-state index contributed by atoms with van der Waals surface area (Å²) in [6.45, 7) is 0.102. The zero-order chi connectivity index (χ0) is 19.8. The van der Waals surface area contributed by atoms with Crippen LogP contribution in [-0.4, -0.2) is 54.8 Å². The SMILES string of the molecule is O=C(c1ccc(-n2cnnn2)cc1)N1[C@H]2CC[C@@H]1[C@@](CO)(Cc1ccccc1)C2. The van der Waals surface area contributed by atoms with Gasteiger partial charge in [0, 0.05) is 23.1 Å². The number of hydrogen-bond acceptors (Lipinski definition) is 5. The van der Waals surface area contributed by atoms with Gasteiger partial charge in [-0.2, -0.15) is 0 Å². The van der Waals surface area contributed by atoms with Crippen molar-refractivity contribution in [1.29, 1.82) is 0 Å². The molecular weight excluding hydrogens is 366 g/mol. The molecule has 0 radical (unpaired) electrons. The van der Waals surface area contributed by atoms with Gasteiger partial charge in [-0.3, -0.25) is 4.79 Å². The Morgan fingerprint density at radius 2 is 1.90 bits per heavy atom. The van der Waals surface area contributed by atoms with E-state index in [1.807, 2.05) is 47.4 Å². The molecule has 1 N–H and O–H groups in total. The Hall–Kier alpha value is -3.06. The summed E-state index contributed by atoms with van der Waals surface area (Å²) in [6, 6.07) is 17.9. The summed E-state index contributed by atoms with van der Waals surface area (Å²) in [5.74, 6) is 0.0455. The topological polar surface area (TPSA) is 84.1 Å². The highest BCUT2D eigenvalue weighted by atomic mass is 16.3. The molecule has 2 aliphatic heterocycles. The third kappa shape index (κ3) is 3.02. The minimum Gasteiger partial charge on any atom is -0.396 e. The Kier molecular flexibility index (Phi) is 4.39. The number of nitrogens with zero attached hydrogens (tertiary/aromatic N) is 5. The van der Waals surface area contributed by atoms with Crippen LogP contribution in [0.3, 0.4) is 0 Å². The van der Waals surface area contributed by atoms with Crippen molar-refractivity contribution in [2.75, 3.05) is 6.61 Å². The van der Waals surface area contributed by atoms with Gasteiger partial charge in [-0.05, 0) is 65.9 Å². The second-order valence-electron chi connectivity index (χ2n) is 8.15. The van der Waals surface area contributed by atoms with Gasteiger partial charge in [0.1, 0.15) is 6.33 Å². The lowest BCUT2D eigenvalue weighted by Crippen LogP contribution is -2.43. The highest BCUT2D eigenvalue weighted by Gasteiger charge is 2.57. The van der Waals surface area contributed by atoms with Crippen molar-refractivity contribution < 1.29 is 9.90 Å². The molecule has 3 heterocycles. The number of tetrazole rings is 1. The molecular formula is C22H23N5O2. The number of benzene rings is 2. The van der Waals surface area contributed by atoms with E-state index in [1.54, 1.807) is 4.68 Å². The van der Waals surface area contributed by atoms with Gasteiger partial charge in [-0.25, -0.2) is 4.68 Å². The molecule has 0 saturated carbocycles. The van der Waals surface area contributed by atoms with Gasteiger partial charge in [-0.15, -0.1) is 5.10 Å². The number of aliphatic hydroxyl groups excluding tert-OH is 1. The molecule has 1 amide bonds. The molecule has 29 heavy (non-hydrogen) atoms. The Morgan fingerprint density at radius 3 is 2.59 bits per heavy atom. The number of carbonyl (C=O) groups excluding carboxylic acids is 1. The first kappa shape index (κ1) is 18.0. The molecule has 0 spiro atoms. The lowest BCUT2D eigenvalue weighted by atomic mass is 9.70. The van der Waals surface area contributed by atoms with E-state index in [9.17, 15) is 9.90 Å². The number of aromatic nitrogens is 4. The van der Waals surface area contributed by atoms with Crippen molar-refractivity contribution in [1.82, 2.24) is 25.1 Å². The molecule has 3 aromatic rings. The van der Waals surface area contributed by atoms with Gasteiger partial charge in [0.25, 0.3) is 5.91 Å². The van der Waals surface area contributed by atoms with E-state index in [2.05, 4.69) is 27.7 Å². The summed E-state index contributed by atoms with van der Waals surface area (Å²) >= 11 is 0. The monoisotopic (exact) mass is 389 g/mol. The maximum Gasteiger partial charge on any atom is 0.254 e. The first-order chi connectivity index (χ1) is 14.2. The van der Waals surface area contributed by atoms with E-state index in [0.717, 1.165) is 31.4 Å². The number of amides is 1. The maximum atomic E-state index is 13.4. The van der Waals surface area contributed by atoms with E-state index in [-0.39, 0.29) is 30.0 Å². The molecule has 2 fully saturated rings. The molecule has 2 aliphatic rings. The molecule has 2 aromatic carbocycles. The second-order valence-corrected chi connectivity index (χ2v) is 8.15. The minimum atomic E-state index is -0.258. The Labute approximate surface area is 169 Å². The van der Waals surface area contributed by atoms with Gasteiger partial charge in [0.15, 0.2) is 0 Å². The van der Waals surface area contributed by atoms with Crippen LogP contribution in [0.15, 0.2) is 60.9 Å². The molecule has 7 heteroatoms. The number of carbonyl (C=O) groups is 1. The lowest BCUT2D eigenvalue weighted by molar-refractivity contribution is 0.0571. The Balaban J connectivity index is 1.39. The average Bonchev–Trinajstić information content (AvgIpc) is 3.50. The Bertz CT molecular complexity index is 990. The van der Waals surface area contributed by atoms with Crippen molar-refractivity contribution in [3.8, 4) is 5.69 Å². The zero-order valence-electron chi connectivity index (χ0n) is 16.1. The second kappa shape index (κ2) is 7.08. The van der Waals surface area contributed by atoms with Gasteiger partial charge in [0.05, 0.1) is 12.3 Å². The van der Waals surface area contributed by atoms with E-state index in [4.69, 9.17) is 0 Å². The molecule has 7 nitrogen and oxygen atoms in total. The van der Waals surface area contributed by atoms with E-state index >= 15 is 0 Å². The maximum absolute atomic E-state index is 13.4. The fraction of sp³-hybridized carbons (Fsp3) is 0.364. The normalized spacial score (nSPS) is 25.5. The summed E-state index contributed by atoms with van der Waals surface area (Å²) in [4.78, 5) is 15.4. The van der Waals surface area contributed by atoms with Crippen molar-refractivity contribution >= 4 is 5.91 Å². The molecule has 5 rings (SSSR count). The molecule has 2 saturated heterocycles. The fourth-order valence-corrected chi connectivity index (χ4v) is 5.20. The van der Waals surface area contributed by atoms with Crippen molar-refractivity contribution in [2.45, 2.75) is 37.8 Å². The first-order valence-electron chi connectivity index (χ1n) is 10.0. The van der Waals surface area contributed by atoms with Crippen LogP contribution in [0.25, 0.3) is 5.69 Å². The van der Waals surface area contributed by atoms with Crippen molar-refractivity contribution in [2.24, 2.45) is 5.41 Å². The summed E-state index contributed by atoms with van der Waals surface area (Å²) in [5, 5.41) is 21.5. The quantitative estimate of drug-likeness (QED) is 0.724. The molecule has 3 atom stereocenters. The van der Waals surface area contributed by atoms with Crippen molar-refractivity contribution in [3.05, 3.63) is 72.1 Å². The minimum absolute atomic E-state index is 0.0455. The smallest absolute Gasteiger partial charge is 0.254 e. The summed E-state index contributed by atoms with van der Waals surface area (Å²) in [7, 11) is 0. The number of aliphatic hydroxyl groups is 1. The van der Waals surface area contributed by atoms with E-state index < -0.39 is 0 Å². The van der Waals surface area contributed by atoms with E-state index in [0.29, 0.717) is 5.56 Å². The van der Waals surface area contributed by atoms with E-state index in [1.165, 1.54) is 11.9 Å².